The Kier molecular flexibility index (Phi) is 12.3. The van der Waals surface area contributed by atoms with E-state index in [0.29, 0.717) is 19.6 Å². The average molecular weight is 480 g/mol. The summed E-state index contributed by atoms with van der Waals surface area (Å²) in [7, 11) is 0. The fourth-order valence-electron chi connectivity index (χ4n) is 4.58. The van der Waals surface area contributed by atoms with Crippen molar-refractivity contribution in [2.24, 2.45) is 0 Å². The minimum absolute atomic E-state index is 0.0332. The highest BCUT2D eigenvalue weighted by molar-refractivity contribution is 5.66. The summed E-state index contributed by atoms with van der Waals surface area (Å²) in [6, 6.07) is 4.18. The van der Waals surface area contributed by atoms with E-state index < -0.39 is 18.0 Å². The first-order valence-electron chi connectivity index (χ1n) is 12.9. The van der Waals surface area contributed by atoms with Crippen molar-refractivity contribution < 1.29 is 29.2 Å². The van der Waals surface area contributed by atoms with Crippen LogP contribution in [0.2, 0.25) is 0 Å². The molecule has 1 aromatic carbocycles. The highest BCUT2D eigenvalue weighted by Gasteiger charge is 2.35. The van der Waals surface area contributed by atoms with E-state index in [1.165, 1.54) is 5.56 Å². The Hall–Kier alpha value is -1.67. The molecule has 7 nitrogen and oxygen atoms in total. The van der Waals surface area contributed by atoms with Gasteiger partial charge in [0.1, 0.15) is 12.4 Å². The smallest absolute Gasteiger partial charge is 0.303 e. The molecule has 3 N–H and O–H groups in total. The number of rotatable bonds is 16. The van der Waals surface area contributed by atoms with E-state index in [-0.39, 0.29) is 19.1 Å². The van der Waals surface area contributed by atoms with Gasteiger partial charge in [-0.25, -0.2) is 0 Å². The summed E-state index contributed by atoms with van der Waals surface area (Å²) < 4.78 is 18.3. The standard InChI is InChI=1S/C27H45NO6/c1-20-17-21(2)26(22(3)18-20)32-19-24(29)13-15-28-27(14-9-10-16-33-27)34-23(4)11-7-5-6-8-12-25(30)31/h17-18,23-24,28-29H,5-16,19H2,1-4H3,(H,30,31). The van der Waals surface area contributed by atoms with Crippen LogP contribution in [-0.4, -0.2) is 54.1 Å². The summed E-state index contributed by atoms with van der Waals surface area (Å²) in [6.45, 7) is 9.67. The molecular weight excluding hydrogens is 434 g/mol. The van der Waals surface area contributed by atoms with Crippen LogP contribution in [0.5, 0.6) is 5.75 Å². The maximum atomic E-state index is 10.6. The number of benzene rings is 1. The van der Waals surface area contributed by atoms with Gasteiger partial charge in [0.25, 0.3) is 0 Å². The first kappa shape index (κ1) is 28.6. The largest absolute Gasteiger partial charge is 0.490 e. The van der Waals surface area contributed by atoms with Gasteiger partial charge in [0.15, 0.2) is 0 Å². The molecule has 1 fully saturated rings. The number of carboxylic acids is 1. The summed E-state index contributed by atoms with van der Waals surface area (Å²) in [6.07, 6.45) is 7.65. The number of carboxylic acid groups (broad SMARTS) is 1. The number of carbonyl (C=O) groups is 1. The molecule has 1 saturated heterocycles. The second-order valence-electron chi connectivity index (χ2n) is 9.74. The first-order chi connectivity index (χ1) is 16.2. The molecule has 2 rings (SSSR count). The lowest BCUT2D eigenvalue weighted by atomic mass is 10.1. The Morgan fingerprint density at radius 3 is 2.47 bits per heavy atom. The zero-order valence-corrected chi connectivity index (χ0v) is 21.5. The minimum Gasteiger partial charge on any atom is -0.490 e. The molecule has 7 heteroatoms. The zero-order chi connectivity index (χ0) is 25.0. The molecule has 0 spiro atoms. The van der Waals surface area contributed by atoms with Crippen LogP contribution >= 0.6 is 0 Å². The molecule has 1 aliphatic heterocycles. The molecule has 0 amide bonds. The molecule has 34 heavy (non-hydrogen) atoms. The topological polar surface area (TPSA) is 97.2 Å². The van der Waals surface area contributed by atoms with Crippen molar-refractivity contribution in [3.05, 3.63) is 28.8 Å². The van der Waals surface area contributed by atoms with Crippen molar-refractivity contribution in [1.82, 2.24) is 5.32 Å². The van der Waals surface area contributed by atoms with Gasteiger partial charge in [-0.1, -0.05) is 37.0 Å². The number of unbranched alkanes of at least 4 members (excludes halogenated alkanes) is 3. The van der Waals surface area contributed by atoms with Gasteiger partial charge in [-0.2, -0.15) is 0 Å². The molecule has 1 aliphatic rings. The van der Waals surface area contributed by atoms with Crippen molar-refractivity contribution in [3.63, 3.8) is 0 Å². The monoisotopic (exact) mass is 479 g/mol. The molecule has 1 aromatic rings. The fourth-order valence-corrected chi connectivity index (χ4v) is 4.58. The second kappa shape index (κ2) is 14.7. The van der Waals surface area contributed by atoms with Crippen LogP contribution in [0.3, 0.4) is 0 Å². The Bertz CT molecular complexity index is 724. The number of nitrogens with one attached hydrogen (secondary N) is 1. The van der Waals surface area contributed by atoms with Gasteiger partial charge >= 0.3 is 5.97 Å². The van der Waals surface area contributed by atoms with Gasteiger partial charge in [-0.3, -0.25) is 10.1 Å². The third-order valence-electron chi connectivity index (χ3n) is 6.27. The summed E-state index contributed by atoms with van der Waals surface area (Å²) >= 11 is 0. The number of aliphatic hydroxyl groups excluding tert-OH is 1. The number of ether oxygens (including phenoxy) is 3. The van der Waals surface area contributed by atoms with Gasteiger partial charge in [-0.15, -0.1) is 0 Å². The van der Waals surface area contributed by atoms with E-state index in [9.17, 15) is 9.90 Å². The molecule has 3 unspecified atom stereocenters. The van der Waals surface area contributed by atoms with Crippen molar-refractivity contribution in [3.8, 4) is 5.75 Å². The zero-order valence-electron chi connectivity index (χ0n) is 21.5. The van der Waals surface area contributed by atoms with Gasteiger partial charge in [-0.05, 0) is 70.9 Å². The minimum atomic E-state index is -0.800. The first-order valence-corrected chi connectivity index (χ1v) is 12.9. The molecular formula is C27H45NO6. The van der Waals surface area contributed by atoms with Crippen molar-refractivity contribution in [2.75, 3.05) is 19.8 Å². The van der Waals surface area contributed by atoms with E-state index in [1.807, 2.05) is 13.8 Å². The van der Waals surface area contributed by atoms with Crippen molar-refractivity contribution in [1.29, 1.82) is 0 Å². The number of aliphatic hydroxyl groups is 1. The molecule has 0 saturated carbocycles. The van der Waals surface area contributed by atoms with Crippen LogP contribution < -0.4 is 10.1 Å². The molecule has 1 heterocycles. The highest BCUT2D eigenvalue weighted by Crippen LogP contribution is 2.27. The average Bonchev–Trinajstić information content (AvgIpc) is 2.75. The lowest BCUT2D eigenvalue weighted by molar-refractivity contribution is -0.291. The summed E-state index contributed by atoms with van der Waals surface area (Å²) in [5.41, 5.74) is 3.38. The molecule has 0 bridgehead atoms. The number of hydrogen-bond acceptors (Lipinski definition) is 6. The van der Waals surface area contributed by atoms with Gasteiger partial charge < -0.3 is 24.4 Å². The van der Waals surface area contributed by atoms with Crippen LogP contribution in [0.25, 0.3) is 0 Å². The predicted octanol–water partition coefficient (Wildman–Crippen LogP) is 5.02. The maximum Gasteiger partial charge on any atom is 0.303 e. The molecule has 0 radical (unpaired) electrons. The Morgan fingerprint density at radius 1 is 1.12 bits per heavy atom. The van der Waals surface area contributed by atoms with E-state index >= 15 is 0 Å². The van der Waals surface area contributed by atoms with E-state index in [4.69, 9.17) is 19.3 Å². The number of aliphatic carboxylic acids is 1. The fraction of sp³-hybridized carbons (Fsp3) is 0.741. The number of hydrogen-bond donors (Lipinski definition) is 3. The SMILES string of the molecule is Cc1cc(C)c(OCC(O)CCNC2(OC(C)CCCCCCC(=O)O)CCCCO2)c(C)c1. The third-order valence-corrected chi connectivity index (χ3v) is 6.27. The van der Waals surface area contributed by atoms with Crippen molar-refractivity contribution in [2.45, 2.75) is 110 Å². The van der Waals surface area contributed by atoms with Crippen molar-refractivity contribution >= 4 is 5.97 Å². The Morgan fingerprint density at radius 2 is 1.82 bits per heavy atom. The normalized spacial score (nSPS) is 20.1. The van der Waals surface area contributed by atoms with Crippen LogP contribution in [0, 0.1) is 20.8 Å². The predicted molar refractivity (Wildman–Crippen MR) is 133 cm³/mol. The molecule has 0 aliphatic carbocycles. The maximum absolute atomic E-state index is 10.6. The van der Waals surface area contributed by atoms with Crippen LogP contribution in [-0.2, 0) is 14.3 Å². The Labute approximate surface area is 205 Å². The molecule has 0 aromatic heterocycles. The Balaban J connectivity index is 1.74. The van der Waals surface area contributed by atoms with Gasteiger partial charge in [0.2, 0.25) is 5.91 Å². The number of aryl methyl sites for hydroxylation is 3. The molecule has 3 atom stereocenters. The van der Waals surface area contributed by atoms with E-state index in [2.05, 4.69) is 31.3 Å². The highest BCUT2D eigenvalue weighted by atomic mass is 16.7. The molecule has 194 valence electrons. The van der Waals surface area contributed by atoms with Crippen LogP contribution in [0.15, 0.2) is 12.1 Å². The van der Waals surface area contributed by atoms with E-state index in [0.717, 1.165) is 68.2 Å². The summed E-state index contributed by atoms with van der Waals surface area (Å²) in [4.78, 5) is 10.6. The second-order valence-corrected chi connectivity index (χ2v) is 9.74. The summed E-state index contributed by atoms with van der Waals surface area (Å²) in [5.74, 6) is -0.674. The van der Waals surface area contributed by atoms with Crippen LogP contribution in [0.1, 0.15) is 87.8 Å². The van der Waals surface area contributed by atoms with Gasteiger partial charge in [0, 0.05) is 19.4 Å². The quantitative estimate of drug-likeness (QED) is 0.226. The summed E-state index contributed by atoms with van der Waals surface area (Å²) in [5, 5.41) is 22.6. The lowest BCUT2D eigenvalue weighted by Gasteiger charge is -2.39. The van der Waals surface area contributed by atoms with Gasteiger partial charge in [0.05, 0.1) is 18.8 Å². The lowest BCUT2D eigenvalue weighted by Crippen LogP contribution is -2.54. The third kappa shape index (κ3) is 10.3. The van der Waals surface area contributed by atoms with E-state index in [1.54, 1.807) is 0 Å². The van der Waals surface area contributed by atoms with Crippen LogP contribution in [0.4, 0.5) is 0 Å².